The van der Waals surface area contributed by atoms with E-state index in [4.69, 9.17) is 37.4 Å². The summed E-state index contributed by atoms with van der Waals surface area (Å²) in [7, 11) is 0. The van der Waals surface area contributed by atoms with E-state index in [0.29, 0.717) is 32.6 Å². The summed E-state index contributed by atoms with van der Waals surface area (Å²) in [4.78, 5) is 37.9. The fourth-order valence-corrected chi connectivity index (χ4v) is 5.39. The van der Waals surface area contributed by atoms with Crippen LogP contribution in [0.4, 0.5) is 5.69 Å². The van der Waals surface area contributed by atoms with Gasteiger partial charge in [-0.3, -0.25) is 9.59 Å². The first-order valence-electron chi connectivity index (χ1n) is 13.1. The number of hydrogen-bond donors (Lipinski definition) is 3. The van der Waals surface area contributed by atoms with Gasteiger partial charge in [0.15, 0.2) is 12.2 Å². The van der Waals surface area contributed by atoms with Gasteiger partial charge >= 0.3 is 5.97 Å². The molecule has 41 heavy (non-hydrogen) atoms. The van der Waals surface area contributed by atoms with E-state index in [-0.39, 0.29) is 19.8 Å². The minimum absolute atomic E-state index is 0.00272. The number of halogens is 2. The number of aliphatic carboxylic acids is 1. The van der Waals surface area contributed by atoms with Crippen LogP contribution in [0, 0.1) is 0 Å². The quantitative estimate of drug-likeness (QED) is 0.313. The number of aryl methyl sites for hydroxylation is 2. The minimum atomic E-state index is -1.29. The van der Waals surface area contributed by atoms with Gasteiger partial charge in [-0.15, -0.1) is 0 Å². The van der Waals surface area contributed by atoms with Gasteiger partial charge in [0.1, 0.15) is 25.2 Å². The maximum Gasteiger partial charge on any atom is 0.326 e. The normalized spacial score (nSPS) is 18.4. The van der Waals surface area contributed by atoms with Crippen molar-refractivity contribution >= 4 is 46.7 Å². The van der Waals surface area contributed by atoms with Crippen LogP contribution in [0.1, 0.15) is 28.7 Å². The molecule has 1 fully saturated rings. The van der Waals surface area contributed by atoms with Gasteiger partial charge in [-0.1, -0.05) is 47.5 Å². The van der Waals surface area contributed by atoms with E-state index in [0.717, 1.165) is 19.3 Å². The number of hydrogen-bond acceptors (Lipinski definition) is 6. The summed E-state index contributed by atoms with van der Waals surface area (Å²) in [5.74, 6) is -1.99. The molecule has 0 spiro atoms. The molecule has 0 bridgehead atoms. The summed E-state index contributed by atoms with van der Waals surface area (Å²) >= 11 is 12.4. The van der Waals surface area contributed by atoms with Crippen molar-refractivity contribution in [2.75, 3.05) is 12.1 Å². The summed E-state index contributed by atoms with van der Waals surface area (Å²) in [5, 5.41) is 16.0. The van der Waals surface area contributed by atoms with Gasteiger partial charge in [0.05, 0.1) is 0 Å². The molecular weight excluding hydrogens is 571 g/mol. The average molecular weight is 599 g/mol. The van der Waals surface area contributed by atoms with Crippen molar-refractivity contribution in [1.29, 1.82) is 0 Å². The lowest BCUT2D eigenvalue weighted by Gasteiger charge is -2.20. The molecule has 3 aromatic rings. The molecule has 5 rings (SSSR count). The van der Waals surface area contributed by atoms with E-state index in [1.54, 1.807) is 42.5 Å². The number of carbonyl (C=O) groups excluding carboxylic acids is 2. The van der Waals surface area contributed by atoms with Crippen LogP contribution in [-0.2, 0) is 49.7 Å². The van der Waals surface area contributed by atoms with Crippen LogP contribution in [0.3, 0.4) is 0 Å². The first-order chi connectivity index (χ1) is 19.8. The number of benzene rings is 3. The van der Waals surface area contributed by atoms with Crippen molar-refractivity contribution in [1.82, 2.24) is 5.32 Å². The molecule has 3 atom stereocenters. The van der Waals surface area contributed by atoms with Crippen molar-refractivity contribution in [2.45, 2.75) is 50.5 Å². The van der Waals surface area contributed by atoms with Crippen LogP contribution in [0.5, 0.6) is 5.75 Å². The van der Waals surface area contributed by atoms with Crippen LogP contribution in [-0.4, -0.2) is 47.9 Å². The fraction of sp³-hybridized carbons (Fsp3) is 0.300. The number of anilines is 1. The maximum absolute atomic E-state index is 13.0. The van der Waals surface area contributed by atoms with Crippen LogP contribution >= 0.6 is 23.2 Å². The molecule has 2 aliphatic rings. The third-order valence-corrected chi connectivity index (χ3v) is 7.78. The number of ether oxygens (including phenoxy) is 3. The number of nitrogens with one attached hydrogen (secondary N) is 2. The van der Waals surface area contributed by atoms with Crippen molar-refractivity contribution in [3.8, 4) is 5.75 Å². The largest absolute Gasteiger partial charge is 0.489 e. The van der Waals surface area contributed by atoms with Crippen molar-refractivity contribution in [2.24, 2.45) is 0 Å². The molecule has 2 amide bonds. The van der Waals surface area contributed by atoms with E-state index in [9.17, 15) is 19.5 Å². The molecule has 9 nitrogen and oxygen atoms in total. The molecule has 1 heterocycles. The van der Waals surface area contributed by atoms with Gasteiger partial charge in [-0.2, -0.15) is 0 Å². The number of carboxylic acid groups (broad SMARTS) is 1. The van der Waals surface area contributed by atoms with Gasteiger partial charge in [-0.05, 0) is 72.4 Å². The van der Waals surface area contributed by atoms with Gasteiger partial charge in [0.25, 0.3) is 11.8 Å². The number of fused-ring (bicyclic) bond motifs is 1. The van der Waals surface area contributed by atoms with E-state index in [1.165, 1.54) is 11.1 Å². The molecule has 0 unspecified atom stereocenters. The molecule has 0 saturated carbocycles. The Labute approximate surface area is 246 Å². The van der Waals surface area contributed by atoms with Crippen molar-refractivity contribution in [3.05, 3.63) is 93.0 Å². The molecule has 214 valence electrons. The second kappa shape index (κ2) is 12.9. The first-order valence-corrected chi connectivity index (χ1v) is 13.9. The SMILES string of the molecule is O=C(O)[C@H](Cc1ccc(OCc2c(Cl)cccc2Cl)cc1)NC(=O)[C@@H]1OCO[C@H]1C(=O)Nc1ccc2c(c1)CCC2. The average Bonchev–Trinajstić information content (AvgIpc) is 3.63. The summed E-state index contributed by atoms with van der Waals surface area (Å²) in [6.07, 6.45) is 0.538. The minimum Gasteiger partial charge on any atom is -0.489 e. The predicted octanol–water partition coefficient (Wildman–Crippen LogP) is 4.55. The molecule has 1 aliphatic carbocycles. The second-order valence-electron chi connectivity index (χ2n) is 9.86. The predicted molar refractivity (Wildman–Crippen MR) is 152 cm³/mol. The highest BCUT2D eigenvalue weighted by atomic mass is 35.5. The lowest BCUT2D eigenvalue weighted by Crippen LogP contribution is -2.51. The van der Waals surface area contributed by atoms with E-state index in [1.807, 2.05) is 18.2 Å². The van der Waals surface area contributed by atoms with Crippen LogP contribution in [0.2, 0.25) is 10.0 Å². The zero-order valence-corrected chi connectivity index (χ0v) is 23.4. The standard InChI is InChI=1S/C30H28Cl2N2O7/c31-23-5-2-6-24(32)22(23)15-39-21-11-7-17(8-12-21)13-25(30(37)38)34-29(36)27-26(40-16-41-27)28(35)33-20-10-9-18-3-1-4-19(18)14-20/h2,5-12,14,25-27H,1,3-4,13,15-16H2,(H,33,35)(H,34,36)(H,37,38)/t25-,26+,27+/m0/s1. The highest BCUT2D eigenvalue weighted by molar-refractivity contribution is 6.35. The number of rotatable bonds is 10. The smallest absolute Gasteiger partial charge is 0.326 e. The molecular formula is C30H28Cl2N2O7. The Bertz CT molecular complexity index is 1430. The molecule has 0 aromatic heterocycles. The van der Waals surface area contributed by atoms with Gasteiger partial charge in [0.2, 0.25) is 0 Å². The Morgan fingerprint density at radius 1 is 0.927 bits per heavy atom. The molecule has 3 N–H and O–H groups in total. The number of carboxylic acids is 1. The summed E-state index contributed by atoms with van der Waals surface area (Å²) in [6.45, 7) is -0.102. The maximum atomic E-state index is 13.0. The molecule has 1 saturated heterocycles. The zero-order valence-electron chi connectivity index (χ0n) is 21.9. The number of amides is 2. The fourth-order valence-electron chi connectivity index (χ4n) is 4.89. The Balaban J connectivity index is 1.17. The third kappa shape index (κ3) is 7.00. The number of carbonyl (C=O) groups is 3. The Morgan fingerprint density at radius 2 is 1.61 bits per heavy atom. The first kappa shape index (κ1) is 28.9. The Kier molecular flexibility index (Phi) is 9.09. The van der Waals surface area contributed by atoms with E-state index >= 15 is 0 Å². The lowest BCUT2D eigenvalue weighted by atomic mass is 10.0. The van der Waals surface area contributed by atoms with Crippen LogP contribution < -0.4 is 15.4 Å². The van der Waals surface area contributed by atoms with Crippen LogP contribution in [0.25, 0.3) is 0 Å². The van der Waals surface area contributed by atoms with E-state index < -0.39 is 36.0 Å². The topological polar surface area (TPSA) is 123 Å². The van der Waals surface area contributed by atoms with Gasteiger partial charge in [0, 0.05) is 27.7 Å². The van der Waals surface area contributed by atoms with Crippen molar-refractivity contribution < 1.29 is 33.7 Å². The molecule has 3 aromatic carbocycles. The Hall–Kier alpha value is -3.63. The lowest BCUT2D eigenvalue weighted by molar-refractivity contribution is -0.144. The summed E-state index contributed by atoms with van der Waals surface area (Å²) in [6, 6.07) is 16.4. The molecule has 11 heteroatoms. The highest BCUT2D eigenvalue weighted by Crippen LogP contribution is 2.27. The molecule has 1 aliphatic heterocycles. The molecule has 0 radical (unpaired) electrons. The second-order valence-corrected chi connectivity index (χ2v) is 10.7. The van der Waals surface area contributed by atoms with Crippen molar-refractivity contribution in [3.63, 3.8) is 0 Å². The summed E-state index contributed by atoms with van der Waals surface area (Å²) in [5.41, 5.74) is 4.37. The summed E-state index contributed by atoms with van der Waals surface area (Å²) < 4.78 is 16.5. The van der Waals surface area contributed by atoms with Gasteiger partial charge < -0.3 is 30.0 Å². The van der Waals surface area contributed by atoms with Crippen LogP contribution in [0.15, 0.2) is 60.7 Å². The monoisotopic (exact) mass is 598 g/mol. The Morgan fingerprint density at radius 3 is 2.32 bits per heavy atom. The van der Waals surface area contributed by atoms with E-state index in [2.05, 4.69) is 10.6 Å². The highest BCUT2D eigenvalue weighted by Gasteiger charge is 2.41. The zero-order chi connectivity index (χ0) is 28.9. The third-order valence-electron chi connectivity index (χ3n) is 7.08. The van der Waals surface area contributed by atoms with Gasteiger partial charge in [-0.25, -0.2) is 4.79 Å².